The lowest BCUT2D eigenvalue weighted by Crippen LogP contribution is -2.46. The van der Waals surface area contributed by atoms with Crippen LogP contribution in [-0.4, -0.2) is 74.6 Å². The van der Waals surface area contributed by atoms with E-state index in [4.69, 9.17) is 9.79 Å². The monoisotopic (exact) mass is 500 g/mol. The van der Waals surface area contributed by atoms with Gasteiger partial charge in [0, 0.05) is 37.1 Å². The smallest absolute Gasteiger partial charge is 0.393 e. The summed E-state index contributed by atoms with van der Waals surface area (Å²) < 4.78 is 15.1. The maximum Gasteiger partial charge on any atom is 0.469 e. The lowest BCUT2D eigenvalue weighted by molar-refractivity contribution is -0.137. The standard InChI is InChI=1S/C19H37N2O9PS/c1-4-5-6-7-14(22)12-16(24)32-11-10-20-15(23)8-9-21-18(26)17(25)19(2,3)13-30-31(27,28)29/h14,17,22,25H,4-13H2,1-3H3,(H,20,23)(H,21,26)(H2,27,28,29)/t14-,17+/m1/s1. The van der Waals surface area contributed by atoms with E-state index in [0.717, 1.165) is 31.0 Å². The van der Waals surface area contributed by atoms with Crippen molar-refractivity contribution in [3.05, 3.63) is 0 Å². The first-order chi connectivity index (χ1) is 14.8. The number of unbranched alkanes of at least 4 members (excludes halogenated alkanes) is 2. The molecule has 0 aromatic rings. The van der Waals surface area contributed by atoms with Gasteiger partial charge >= 0.3 is 7.82 Å². The second-order valence-corrected chi connectivity index (χ2v) is 10.5. The molecular weight excluding hydrogens is 463 g/mol. The van der Waals surface area contributed by atoms with Crippen LogP contribution in [0.4, 0.5) is 0 Å². The van der Waals surface area contributed by atoms with Crippen molar-refractivity contribution in [1.82, 2.24) is 10.6 Å². The lowest BCUT2D eigenvalue weighted by Gasteiger charge is -2.29. The quantitative estimate of drug-likeness (QED) is 0.123. The van der Waals surface area contributed by atoms with Gasteiger partial charge in [0.15, 0.2) is 5.12 Å². The molecule has 32 heavy (non-hydrogen) atoms. The molecule has 0 saturated carbocycles. The summed E-state index contributed by atoms with van der Waals surface area (Å²) in [6.45, 7) is 4.54. The number of thioether (sulfide) groups is 1. The molecule has 13 heteroatoms. The van der Waals surface area contributed by atoms with Gasteiger partial charge in [0.05, 0.1) is 12.7 Å². The number of aliphatic hydroxyl groups is 2. The Bertz CT molecular complexity index is 642. The van der Waals surface area contributed by atoms with Crippen molar-refractivity contribution in [2.75, 3.05) is 25.4 Å². The van der Waals surface area contributed by atoms with Gasteiger partial charge in [0.1, 0.15) is 6.10 Å². The number of carbonyl (C=O) groups is 3. The highest BCUT2D eigenvalue weighted by Gasteiger charge is 2.35. The number of rotatable bonds is 17. The molecule has 0 fully saturated rings. The van der Waals surface area contributed by atoms with Crippen LogP contribution in [0.2, 0.25) is 0 Å². The molecule has 188 valence electrons. The molecule has 0 saturated heterocycles. The summed E-state index contributed by atoms with van der Waals surface area (Å²) in [5, 5.41) is 24.7. The Morgan fingerprint density at radius 3 is 2.34 bits per heavy atom. The van der Waals surface area contributed by atoms with Crippen LogP contribution in [0.1, 0.15) is 59.3 Å². The Hall–Kier alpha value is -1.01. The van der Waals surface area contributed by atoms with Gasteiger partial charge in [-0.2, -0.15) is 0 Å². The van der Waals surface area contributed by atoms with Crippen LogP contribution < -0.4 is 10.6 Å². The molecule has 0 aliphatic rings. The maximum absolute atomic E-state index is 12.0. The average molecular weight is 501 g/mol. The van der Waals surface area contributed by atoms with Crippen molar-refractivity contribution in [2.45, 2.75) is 71.5 Å². The van der Waals surface area contributed by atoms with Gasteiger partial charge in [-0.05, 0) is 6.42 Å². The minimum atomic E-state index is -4.73. The minimum Gasteiger partial charge on any atom is -0.393 e. The minimum absolute atomic E-state index is 0.0484. The van der Waals surface area contributed by atoms with E-state index in [0.29, 0.717) is 12.2 Å². The van der Waals surface area contributed by atoms with Crippen LogP contribution in [0.15, 0.2) is 0 Å². The highest BCUT2D eigenvalue weighted by atomic mass is 32.2. The fraction of sp³-hybridized carbons (Fsp3) is 0.842. The van der Waals surface area contributed by atoms with Crippen molar-refractivity contribution in [3.8, 4) is 0 Å². The summed E-state index contributed by atoms with van der Waals surface area (Å²) in [6.07, 6.45) is 1.36. The topological polar surface area (TPSA) is 182 Å². The predicted octanol–water partition coefficient (Wildman–Crippen LogP) is 0.696. The van der Waals surface area contributed by atoms with Crippen molar-refractivity contribution in [1.29, 1.82) is 0 Å². The number of carbonyl (C=O) groups excluding carboxylic acids is 3. The first-order valence-corrected chi connectivity index (χ1v) is 13.1. The van der Waals surface area contributed by atoms with Gasteiger partial charge in [-0.25, -0.2) is 4.57 Å². The van der Waals surface area contributed by atoms with Crippen LogP contribution in [0.25, 0.3) is 0 Å². The molecule has 0 aliphatic heterocycles. The van der Waals surface area contributed by atoms with Crippen LogP contribution in [0, 0.1) is 5.41 Å². The number of amides is 2. The molecule has 0 heterocycles. The van der Waals surface area contributed by atoms with Gasteiger partial charge in [-0.15, -0.1) is 0 Å². The lowest BCUT2D eigenvalue weighted by atomic mass is 9.87. The van der Waals surface area contributed by atoms with E-state index in [1.54, 1.807) is 0 Å². The number of phosphoric acid groups is 1. The molecule has 6 N–H and O–H groups in total. The Morgan fingerprint density at radius 1 is 1.09 bits per heavy atom. The fourth-order valence-corrected chi connectivity index (χ4v) is 3.75. The second kappa shape index (κ2) is 15.8. The molecule has 11 nitrogen and oxygen atoms in total. The molecule has 0 rings (SSSR count). The van der Waals surface area contributed by atoms with Gasteiger partial charge in [0.25, 0.3) is 0 Å². The average Bonchev–Trinajstić information content (AvgIpc) is 2.68. The highest BCUT2D eigenvalue weighted by molar-refractivity contribution is 8.13. The van der Waals surface area contributed by atoms with E-state index >= 15 is 0 Å². The van der Waals surface area contributed by atoms with Crippen LogP contribution in [0.5, 0.6) is 0 Å². The van der Waals surface area contributed by atoms with Gasteiger partial charge < -0.3 is 30.6 Å². The largest absolute Gasteiger partial charge is 0.469 e. The van der Waals surface area contributed by atoms with Crippen molar-refractivity contribution in [2.24, 2.45) is 5.41 Å². The summed E-state index contributed by atoms with van der Waals surface area (Å²) in [6, 6.07) is 0. The van der Waals surface area contributed by atoms with Crippen molar-refractivity contribution in [3.63, 3.8) is 0 Å². The van der Waals surface area contributed by atoms with E-state index in [-0.39, 0.29) is 37.0 Å². The third-order valence-corrected chi connectivity index (χ3v) is 5.84. The number of aliphatic hydroxyl groups excluding tert-OH is 2. The number of phosphoric ester groups is 1. The third kappa shape index (κ3) is 15.7. The Labute approximate surface area is 193 Å². The summed E-state index contributed by atoms with van der Waals surface area (Å²) in [5.41, 5.74) is -1.26. The molecule has 0 radical (unpaired) electrons. The van der Waals surface area contributed by atoms with E-state index in [2.05, 4.69) is 22.1 Å². The van der Waals surface area contributed by atoms with Gasteiger partial charge in [-0.3, -0.25) is 18.9 Å². The zero-order valence-corrected chi connectivity index (χ0v) is 20.6. The molecule has 0 aromatic heterocycles. The van der Waals surface area contributed by atoms with Crippen molar-refractivity contribution < 1.29 is 43.5 Å². The molecule has 2 amide bonds. The first-order valence-electron chi connectivity index (χ1n) is 10.5. The van der Waals surface area contributed by atoms with Gasteiger partial charge in [-0.1, -0.05) is 51.8 Å². The molecule has 0 spiro atoms. The van der Waals surface area contributed by atoms with E-state index in [9.17, 15) is 29.2 Å². The number of hydrogen-bond acceptors (Lipinski definition) is 8. The summed E-state index contributed by atoms with van der Waals surface area (Å²) in [7, 11) is -4.73. The number of nitrogens with one attached hydrogen (secondary N) is 2. The molecule has 2 atom stereocenters. The zero-order chi connectivity index (χ0) is 24.8. The van der Waals surface area contributed by atoms with Crippen LogP contribution in [0.3, 0.4) is 0 Å². The molecular formula is C19H37N2O9PS. The van der Waals surface area contributed by atoms with E-state index in [1.807, 2.05) is 0 Å². The summed E-state index contributed by atoms with van der Waals surface area (Å²) >= 11 is 1.04. The maximum atomic E-state index is 12.0. The third-order valence-electron chi connectivity index (χ3n) is 4.48. The van der Waals surface area contributed by atoms with Crippen molar-refractivity contribution >= 4 is 36.5 Å². The Kier molecular flexibility index (Phi) is 15.3. The Balaban J connectivity index is 4.02. The van der Waals surface area contributed by atoms with Gasteiger partial charge in [0.2, 0.25) is 11.8 Å². The summed E-state index contributed by atoms with van der Waals surface area (Å²) in [5.74, 6) is -0.780. The van der Waals surface area contributed by atoms with E-state index in [1.165, 1.54) is 13.8 Å². The van der Waals surface area contributed by atoms with E-state index < -0.39 is 38.0 Å². The molecule has 0 bridgehead atoms. The second-order valence-electron chi connectivity index (χ2n) is 8.12. The first kappa shape index (κ1) is 31.0. The predicted molar refractivity (Wildman–Crippen MR) is 121 cm³/mol. The number of hydrogen-bond donors (Lipinski definition) is 6. The fourth-order valence-electron chi connectivity index (χ4n) is 2.51. The molecule has 0 aromatic carbocycles. The summed E-state index contributed by atoms with van der Waals surface area (Å²) in [4.78, 5) is 53.1. The van der Waals surface area contributed by atoms with Crippen LogP contribution >= 0.6 is 19.6 Å². The van der Waals surface area contributed by atoms with Crippen LogP contribution in [-0.2, 0) is 23.5 Å². The molecule has 0 aliphatic carbocycles. The molecule has 0 unspecified atom stereocenters. The zero-order valence-electron chi connectivity index (χ0n) is 18.9. The highest BCUT2D eigenvalue weighted by Crippen LogP contribution is 2.38. The SMILES string of the molecule is CCCCC[C@@H](O)CC(=O)SCCNC(=O)CCNC(=O)[C@H](O)C(C)(C)COP(=O)(O)O. The Morgan fingerprint density at radius 2 is 1.75 bits per heavy atom. The normalized spacial score (nSPS) is 14.0.